The second-order valence-corrected chi connectivity index (χ2v) is 6.00. The number of phenols is 1. The average molecular weight is 340 g/mol. The number of para-hydroxylation sites is 2. The second kappa shape index (κ2) is 7.23. The largest absolute Gasteiger partial charge is 0.506 e. The topological polar surface area (TPSA) is 70.9 Å². The SMILES string of the molecule is CCOc1ccc(/C=C2\SC(=Nc3ccccc3O)NC2=O)cc1. The molecule has 1 aliphatic heterocycles. The lowest BCUT2D eigenvalue weighted by Crippen LogP contribution is -2.19. The lowest BCUT2D eigenvalue weighted by Gasteiger charge is -2.02. The van der Waals surface area contributed by atoms with E-state index >= 15 is 0 Å². The van der Waals surface area contributed by atoms with Crippen LogP contribution in [-0.2, 0) is 4.79 Å². The number of amides is 1. The van der Waals surface area contributed by atoms with E-state index < -0.39 is 0 Å². The summed E-state index contributed by atoms with van der Waals surface area (Å²) in [6.45, 7) is 2.55. The molecule has 24 heavy (non-hydrogen) atoms. The van der Waals surface area contributed by atoms with Gasteiger partial charge in [-0.1, -0.05) is 24.3 Å². The summed E-state index contributed by atoms with van der Waals surface area (Å²) in [5.41, 5.74) is 1.32. The number of benzene rings is 2. The number of ether oxygens (including phenoxy) is 1. The van der Waals surface area contributed by atoms with Crippen molar-refractivity contribution >= 4 is 34.6 Å². The molecule has 6 heteroatoms. The Kier molecular flexibility index (Phi) is 4.86. The predicted octanol–water partition coefficient (Wildman–Crippen LogP) is 3.68. The van der Waals surface area contributed by atoms with E-state index in [9.17, 15) is 9.90 Å². The molecule has 0 aliphatic carbocycles. The van der Waals surface area contributed by atoms with Crippen molar-refractivity contribution in [3.05, 3.63) is 59.0 Å². The van der Waals surface area contributed by atoms with Crippen LogP contribution in [0.25, 0.3) is 6.08 Å². The molecule has 1 saturated heterocycles. The molecule has 3 rings (SSSR count). The van der Waals surface area contributed by atoms with Gasteiger partial charge in [0.2, 0.25) is 0 Å². The molecule has 5 nitrogen and oxygen atoms in total. The minimum absolute atomic E-state index is 0.0730. The Hall–Kier alpha value is -2.73. The van der Waals surface area contributed by atoms with E-state index in [0.717, 1.165) is 11.3 Å². The molecule has 0 spiro atoms. The van der Waals surface area contributed by atoms with Gasteiger partial charge in [0, 0.05) is 0 Å². The maximum atomic E-state index is 12.1. The number of aliphatic imine (C=N–C) groups is 1. The number of thioether (sulfide) groups is 1. The van der Waals surface area contributed by atoms with Crippen LogP contribution in [0, 0.1) is 0 Å². The molecule has 2 N–H and O–H groups in total. The molecule has 2 aromatic rings. The van der Waals surface area contributed by atoms with Crippen molar-refractivity contribution in [2.24, 2.45) is 4.99 Å². The number of phenolic OH excluding ortho intramolecular Hbond substituents is 1. The van der Waals surface area contributed by atoms with E-state index in [2.05, 4.69) is 10.3 Å². The third-order valence-electron chi connectivity index (χ3n) is 3.24. The van der Waals surface area contributed by atoms with Crippen molar-refractivity contribution in [3.63, 3.8) is 0 Å². The number of aromatic hydroxyl groups is 1. The van der Waals surface area contributed by atoms with E-state index in [1.54, 1.807) is 30.3 Å². The van der Waals surface area contributed by atoms with Crippen LogP contribution in [0.5, 0.6) is 11.5 Å². The number of rotatable bonds is 4. The summed E-state index contributed by atoms with van der Waals surface area (Å²) >= 11 is 1.24. The van der Waals surface area contributed by atoms with Crippen molar-refractivity contribution in [2.45, 2.75) is 6.92 Å². The monoisotopic (exact) mass is 340 g/mol. The Labute approximate surface area is 144 Å². The summed E-state index contributed by atoms with van der Waals surface area (Å²) in [6.07, 6.45) is 1.79. The van der Waals surface area contributed by atoms with E-state index in [1.165, 1.54) is 11.8 Å². The lowest BCUT2D eigenvalue weighted by molar-refractivity contribution is -0.115. The second-order valence-electron chi connectivity index (χ2n) is 4.97. The van der Waals surface area contributed by atoms with Gasteiger partial charge in [-0.05, 0) is 54.6 Å². The lowest BCUT2D eigenvalue weighted by atomic mass is 10.2. The fraction of sp³-hybridized carbons (Fsp3) is 0.111. The van der Waals surface area contributed by atoms with Crippen LogP contribution in [0.3, 0.4) is 0 Å². The van der Waals surface area contributed by atoms with Gasteiger partial charge in [-0.25, -0.2) is 4.99 Å². The van der Waals surface area contributed by atoms with Crippen LogP contribution in [0.15, 0.2) is 58.4 Å². The van der Waals surface area contributed by atoms with Crippen LogP contribution in [0.2, 0.25) is 0 Å². The molecular weight excluding hydrogens is 324 g/mol. The molecule has 0 radical (unpaired) electrons. The summed E-state index contributed by atoms with van der Waals surface area (Å²) in [4.78, 5) is 16.9. The minimum atomic E-state index is -0.206. The Bertz CT molecular complexity index is 813. The first-order chi connectivity index (χ1) is 11.7. The van der Waals surface area contributed by atoms with Crippen LogP contribution in [0.4, 0.5) is 5.69 Å². The third kappa shape index (κ3) is 3.78. The van der Waals surface area contributed by atoms with Gasteiger partial charge in [0.1, 0.15) is 17.2 Å². The molecule has 1 amide bonds. The average Bonchev–Trinajstić information content (AvgIpc) is 2.91. The molecule has 0 saturated carbocycles. The Morgan fingerprint density at radius 3 is 2.67 bits per heavy atom. The highest BCUT2D eigenvalue weighted by molar-refractivity contribution is 8.18. The van der Waals surface area contributed by atoms with Crippen LogP contribution >= 0.6 is 11.8 Å². The highest BCUT2D eigenvalue weighted by atomic mass is 32.2. The number of nitrogens with zero attached hydrogens (tertiary/aromatic N) is 1. The molecule has 0 bridgehead atoms. The summed E-state index contributed by atoms with van der Waals surface area (Å²) < 4.78 is 5.40. The normalized spacial score (nSPS) is 17.3. The number of hydrogen-bond acceptors (Lipinski definition) is 5. The summed E-state index contributed by atoms with van der Waals surface area (Å²) in [7, 11) is 0. The van der Waals surface area contributed by atoms with Crippen LogP contribution in [0.1, 0.15) is 12.5 Å². The summed E-state index contributed by atoms with van der Waals surface area (Å²) in [6, 6.07) is 14.2. The van der Waals surface area contributed by atoms with Gasteiger partial charge in [-0.3, -0.25) is 4.79 Å². The van der Waals surface area contributed by atoms with Crippen LogP contribution in [-0.4, -0.2) is 22.8 Å². The van der Waals surface area contributed by atoms with Gasteiger partial charge in [-0.15, -0.1) is 0 Å². The molecule has 0 aromatic heterocycles. The maximum absolute atomic E-state index is 12.1. The van der Waals surface area contributed by atoms with Gasteiger partial charge in [-0.2, -0.15) is 0 Å². The van der Waals surface area contributed by atoms with E-state index in [0.29, 0.717) is 22.4 Å². The minimum Gasteiger partial charge on any atom is -0.506 e. The van der Waals surface area contributed by atoms with Crippen molar-refractivity contribution in [1.29, 1.82) is 0 Å². The molecular formula is C18H16N2O3S. The standard InChI is InChI=1S/C18H16N2O3S/c1-2-23-13-9-7-12(8-10-13)11-16-17(22)20-18(24-16)19-14-5-3-4-6-15(14)21/h3-11,21H,2H2,1H3,(H,19,20,22)/b16-11-. The number of carbonyl (C=O) groups excluding carboxylic acids is 1. The highest BCUT2D eigenvalue weighted by Crippen LogP contribution is 2.31. The highest BCUT2D eigenvalue weighted by Gasteiger charge is 2.24. The Morgan fingerprint density at radius 2 is 1.96 bits per heavy atom. The zero-order chi connectivity index (χ0) is 16.9. The van der Waals surface area contributed by atoms with E-state index in [-0.39, 0.29) is 11.7 Å². The predicted molar refractivity (Wildman–Crippen MR) is 96.5 cm³/mol. The molecule has 1 heterocycles. The number of carbonyl (C=O) groups is 1. The zero-order valence-corrected chi connectivity index (χ0v) is 13.8. The molecule has 1 aliphatic rings. The maximum Gasteiger partial charge on any atom is 0.264 e. The molecule has 2 aromatic carbocycles. The van der Waals surface area contributed by atoms with Crippen molar-refractivity contribution in [1.82, 2.24) is 5.32 Å². The first-order valence-corrected chi connectivity index (χ1v) is 8.28. The van der Waals surface area contributed by atoms with Gasteiger partial charge < -0.3 is 15.2 Å². The fourth-order valence-corrected chi connectivity index (χ4v) is 2.96. The van der Waals surface area contributed by atoms with E-state index in [1.807, 2.05) is 31.2 Å². The van der Waals surface area contributed by atoms with E-state index in [4.69, 9.17) is 4.74 Å². The smallest absolute Gasteiger partial charge is 0.264 e. The molecule has 122 valence electrons. The van der Waals surface area contributed by atoms with Gasteiger partial charge in [0.05, 0.1) is 11.5 Å². The van der Waals surface area contributed by atoms with Gasteiger partial charge in [0.15, 0.2) is 5.17 Å². The number of hydrogen-bond donors (Lipinski definition) is 2. The van der Waals surface area contributed by atoms with Crippen molar-refractivity contribution < 1.29 is 14.6 Å². The number of amidine groups is 1. The van der Waals surface area contributed by atoms with Crippen LogP contribution < -0.4 is 10.1 Å². The fourth-order valence-electron chi connectivity index (χ4n) is 2.13. The number of nitrogens with one attached hydrogen (secondary N) is 1. The molecule has 1 fully saturated rings. The molecule has 0 unspecified atom stereocenters. The first-order valence-electron chi connectivity index (χ1n) is 7.46. The van der Waals surface area contributed by atoms with Crippen molar-refractivity contribution in [2.75, 3.05) is 6.61 Å². The van der Waals surface area contributed by atoms with Gasteiger partial charge >= 0.3 is 0 Å². The summed E-state index contributed by atoms with van der Waals surface area (Å²) in [5, 5.41) is 12.9. The third-order valence-corrected chi connectivity index (χ3v) is 4.15. The summed E-state index contributed by atoms with van der Waals surface area (Å²) in [5.74, 6) is 0.664. The Morgan fingerprint density at radius 1 is 1.21 bits per heavy atom. The zero-order valence-electron chi connectivity index (χ0n) is 13.0. The molecule has 0 atom stereocenters. The Balaban J connectivity index is 1.78. The first kappa shape index (κ1) is 16.1. The quantitative estimate of drug-likeness (QED) is 0.833. The van der Waals surface area contributed by atoms with Gasteiger partial charge in [0.25, 0.3) is 5.91 Å². The van der Waals surface area contributed by atoms with Crippen molar-refractivity contribution in [3.8, 4) is 11.5 Å².